The predicted molar refractivity (Wildman–Crippen MR) is 81.7 cm³/mol. The summed E-state index contributed by atoms with van der Waals surface area (Å²) >= 11 is 0. The molecule has 2 heteroatoms. The molecule has 0 atom stereocenters. The van der Waals surface area contributed by atoms with Crippen molar-refractivity contribution in [2.45, 2.75) is 50.4 Å². The highest BCUT2D eigenvalue weighted by atomic mass is 15.1. The fourth-order valence-electron chi connectivity index (χ4n) is 3.85. The summed E-state index contributed by atoms with van der Waals surface area (Å²) in [6, 6.07) is 9.22. The molecule has 2 fully saturated rings. The van der Waals surface area contributed by atoms with Crippen molar-refractivity contribution in [3.63, 3.8) is 0 Å². The SMILES string of the molecule is NCC1(c2cccc(N3CCCC3)c2)CCCCC1. The molecule has 0 amide bonds. The quantitative estimate of drug-likeness (QED) is 0.900. The van der Waals surface area contributed by atoms with Gasteiger partial charge < -0.3 is 10.6 Å². The highest BCUT2D eigenvalue weighted by Crippen LogP contribution is 2.39. The van der Waals surface area contributed by atoms with Crippen LogP contribution in [0.1, 0.15) is 50.5 Å². The molecular weight excluding hydrogens is 232 g/mol. The van der Waals surface area contributed by atoms with Gasteiger partial charge in [-0.1, -0.05) is 31.4 Å². The van der Waals surface area contributed by atoms with Crippen LogP contribution in [0.4, 0.5) is 5.69 Å². The van der Waals surface area contributed by atoms with Crippen LogP contribution in [0.15, 0.2) is 24.3 Å². The van der Waals surface area contributed by atoms with Crippen LogP contribution in [0, 0.1) is 0 Å². The lowest BCUT2D eigenvalue weighted by atomic mass is 9.69. The first-order valence-electron chi connectivity index (χ1n) is 7.90. The molecule has 0 spiro atoms. The van der Waals surface area contributed by atoms with E-state index >= 15 is 0 Å². The Balaban J connectivity index is 1.88. The number of nitrogens with two attached hydrogens (primary N) is 1. The molecule has 0 aromatic heterocycles. The molecule has 0 unspecified atom stereocenters. The van der Waals surface area contributed by atoms with Gasteiger partial charge in [0.1, 0.15) is 0 Å². The van der Waals surface area contributed by atoms with Crippen LogP contribution in [0.5, 0.6) is 0 Å². The van der Waals surface area contributed by atoms with Gasteiger partial charge in [0.05, 0.1) is 0 Å². The van der Waals surface area contributed by atoms with Gasteiger partial charge in [0.15, 0.2) is 0 Å². The third kappa shape index (κ3) is 2.51. The van der Waals surface area contributed by atoms with Crippen molar-refractivity contribution >= 4 is 5.69 Å². The second-order valence-corrected chi connectivity index (χ2v) is 6.29. The lowest BCUT2D eigenvalue weighted by Crippen LogP contribution is -2.37. The van der Waals surface area contributed by atoms with E-state index in [1.54, 1.807) is 0 Å². The molecule has 0 radical (unpaired) electrons. The first-order chi connectivity index (χ1) is 9.34. The smallest absolute Gasteiger partial charge is 0.0369 e. The van der Waals surface area contributed by atoms with E-state index in [-0.39, 0.29) is 5.41 Å². The van der Waals surface area contributed by atoms with Gasteiger partial charge in [-0.15, -0.1) is 0 Å². The molecule has 2 aliphatic rings. The molecular formula is C17H26N2. The molecule has 2 nitrogen and oxygen atoms in total. The maximum Gasteiger partial charge on any atom is 0.0369 e. The molecule has 1 aromatic carbocycles. The molecule has 1 aromatic rings. The number of benzene rings is 1. The van der Waals surface area contributed by atoms with E-state index in [1.165, 1.54) is 69.3 Å². The highest BCUT2D eigenvalue weighted by Gasteiger charge is 2.32. The molecule has 3 rings (SSSR count). The molecule has 1 aliphatic heterocycles. The number of rotatable bonds is 3. The molecule has 1 aliphatic carbocycles. The standard InChI is InChI=1S/C17H26N2/c18-14-17(9-2-1-3-10-17)15-7-6-8-16(13-15)19-11-4-5-12-19/h6-8,13H,1-5,9-12,14,18H2. The van der Waals surface area contributed by atoms with Crippen LogP contribution < -0.4 is 10.6 Å². The lowest BCUT2D eigenvalue weighted by Gasteiger charge is -2.37. The molecule has 2 N–H and O–H groups in total. The molecule has 0 bridgehead atoms. The summed E-state index contributed by atoms with van der Waals surface area (Å²) in [5.41, 5.74) is 9.31. The van der Waals surface area contributed by atoms with E-state index in [4.69, 9.17) is 5.73 Å². The van der Waals surface area contributed by atoms with Gasteiger partial charge in [-0.2, -0.15) is 0 Å². The summed E-state index contributed by atoms with van der Waals surface area (Å²) in [5, 5.41) is 0. The average Bonchev–Trinajstić information content (AvgIpc) is 3.02. The number of anilines is 1. The largest absolute Gasteiger partial charge is 0.372 e. The lowest BCUT2D eigenvalue weighted by molar-refractivity contribution is 0.301. The number of nitrogens with zero attached hydrogens (tertiary/aromatic N) is 1. The van der Waals surface area contributed by atoms with E-state index in [2.05, 4.69) is 29.2 Å². The molecule has 1 saturated heterocycles. The Labute approximate surface area is 117 Å². The van der Waals surface area contributed by atoms with Crippen LogP contribution >= 0.6 is 0 Å². The predicted octanol–water partition coefficient (Wildman–Crippen LogP) is 3.45. The van der Waals surface area contributed by atoms with Crippen LogP contribution in [-0.2, 0) is 5.41 Å². The van der Waals surface area contributed by atoms with Crippen molar-refractivity contribution in [2.75, 3.05) is 24.5 Å². The third-order valence-corrected chi connectivity index (χ3v) is 5.13. The summed E-state index contributed by atoms with van der Waals surface area (Å²) < 4.78 is 0. The van der Waals surface area contributed by atoms with Crippen molar-refractivity contribution in [1.82, 2.24) is 0 Å². The third-order valence-electron chi connectivity index (χ3n) is 5.13. The van der Waals surface area contributed by atoms with Gasteiger partial charge >= 0.3 is 0 Å². The number of hydrogen-bond donors (Lipinski definition) is 1. The Morgan fingerprint density at radius 2 is 1.74 bits per heavy atom. The van der Waals surface area contributed by atoms with E-state index in [0.717, 1.165) is 6.54 Å². The maximum absolute atomic E-state index is 6.16. The van der Waals surface area contributed by atoms with Crippen molar-refractivity contribution in [2.24, 2.45) is 5.73 Å². The van der Waals surface area contributed by atoms with Crippen molar-refractivity contribution in [3.05, 3.63) is 29.8 Å². The second kappa shape index (κ2) is 5.54. The van der Waals surface area contributed by atoms with Crippen LogP contribution in [0.25, 0.3) is 0 Å². The monoisotopic (exact) mass is 258 g/mol. The van der Waals surface area contributed by atoms with Crippen molar-refractivity contribution < 1.29 is 0 Å². The maximum atomic E-state index is 6.16. The van der Waals surface area contributed by atoms with Crippen molar-refractivity contribution in [1.29, 1.82) is 0 Å². The van der Waals surface area contributed by atoms with Gasteiger partial charge in [0, 0.05) is 30.7 Å². The van der Waals surface area contributed by atoms with Crippen LogP contribution in [0.3, 0.4) is 0 Å². The van der Waals surface area contributed by atoms with E-state index in [0.29, 0.717) is 0 Å². The van der Waals surface area contributed by atoms with Gasteiger partial charge in [-0.3, -0.25) is 0 Å². The second-order valence-electron chi connectivity index (χ2n) is 6.29. The Morgan fingerprint density at radius 3 is 2.42 bits per heavy atom. The molecule has 1 heterocycles. The summed E-state index contributed by atoms with van der Waals surface area (Å²) in [6.45, 7) is 3.24. The summed E-state index contributed by atoms with van der Waals surface area (Å²) in [4.78, 5) is 2.52. The Morgan fingerprint density at radius 1 is 1.00 bits per heavy atom. The fraction of sp³-hybridized carbons (Fsp3) is 0.647. The first kappa shape index (κ1) is 13.0. The van der Waals surface area contributed by atoms with Crippen LogP contribution in [-0.4, -0.2) is 19.6 Å². The summed E-state index contributed by atoms with van der Waals surface area (Å²) in [5.74, 6) is 0. The average molecular weight is 258 g/mol. The number of hydrogen-bond acceptors (Lipinski definition) is 2. The zero-order chi connectivity index (χ0) is 13.1. The van der Waals surface area contributed by atoms with E-state index in [1.807, 2.05) is 0 Å². The highest BCUT2D eigenvalue weighted by molar-refractivity contribution is 5.51. The Hall–Kier alpha value is -1.02. The summed E-state index contributed by atoms with van der Waals surface area (Å²) in [7, 11) is 0. The van der Waals surface area contributed by atoms with Gasteiger partial charge in [0.25, 0.3) is 0 Å². The minimum atomic E-state index is 0.258. The van der Waals surface area contributed by atoms with Gasteiger partial charge in [-0.25, -0.2) is 0 Å². The van der Waals surface area contributed by atoms with E-state index in [9.17, 15) is 0 Å². The van der Waals surface area contributed by atoms with E-state index < -0.39 is 0 Å². The van der Waals surface area contributed by atoms with Gasteiger partial charge in [0.2, 0.25) is 0 Å². The first-order valence-corrected chi connectivity index (χ1v) is 7.90. The molecule has 19 heavy (non-hydrogen) atoms. The normalized spacial score (nSPS) is 22.7. The fourth-order valence-corrected chi connectivity index (χ4v) is 3.85. The molecule has 104 valence electrons. The van der Waals surface area contributed by atoms with Gasteiger partial charge in [-0.05, 0) is 43.4 Å². The van der Waals surface area contributed by atoms with Crippen LogP contribution in [0.2, 0.25) is 0 Å². The topological polar surface area (TPSA) is 29.3 Å². The summed E-state index contributed by atoms with van der Waals surface area (Å²) in [6.07, 6.45) is 9.28. The zero-order valence-corrected chi connectivity index (χ0v) is 11.9. The molecule has 1 saturated carbocycles. The van der Waals surface area contributed by atoms with Crippen molar-refractivity contribution in [3.8, 4) is 0 Å². The minimum Gasteiger partial charge on any atom is -0.372 e. The Kier molecular flexibility index (Phi) is 3.79. The Bertz CT molecular complexity index is 415. The zero-order valence-electron chi connectivity index (χ0n) is 11.9. The minimum absolute atomic E-state index is 0.258.